The number of hydrogen-bond donors (Lipinski definition) is 1. The average Bonchev–Trinajstić information content (AvgIpc) is 2.40. The van der Waals surface area contributed by atoms with Crippen LogP contribution in [-0.4, -0.2) is 54.5 Å². The number of carboxylic acids is 1. The zero-order valence-electron chi connectivity index (χ0n) is 10.1. The van der Waals surface area contributed by atoms with Crippen molar-refractivity contribution in [3.8, 4) is 0 Å². The first-order valence-electron chi connectivity index (χ1n) is 5.63. The van der Waals surface area contributed by atoms with Crippen molar-refractivity contribution in [1.82, 2.24) is 9.97 Å². The molecule has 1 N–H and O–H groups in total. The first-order chi connectivity index (χ1) is 8.72. The van der Waals surface area contributed by atoms with Gasteiger partial charge in [0, 0.05) is 26.4 Å². The van der Waals surface area contributed by atoms with Crippen molar-refractivity contribution in [1.29, 1.82) is 0 Å². The van der Waals surface area contributed by atoms with E-state index in [-0.39, 0.29) is 12.2 Å². The molecule has 1 aromatic rings. The average molecular weight is 253 g/mol. The van der Waals surface area contributed by atoms with Crippen LogP contribution in [0.4, 0.5) is 5.95 Å². The Morgan fingerprint density at radius 2 is 2.28 bits per heavy atom. The lowest BCUT2D eigenvalue weighted by Crippen LogP contribution is -2.37. The van der Waals surface area contributed by atoms with Gasteiger partial charge in [0.15, 0.2) is 0 Å². The molecule has 98 valence electrons. The minimum absolute atomic E-state index is 0.0776. The van der Waals surface area contributed by atoms with Crippen LogP contribution in [-0.2, 0) is 16.1 Å². The Morgan fingerprint density at radius 3 is 2.89 bits per heavy atom. The van der Waals surface area contributed by atoms with Crippen molar-refractivity contribution >= 4 is 11.9 Å². The van der Waals surface area contributed by atoms with Gasteiger partial charge in [0.25, 0.3) is 0 Å². The lowest BCUT2D eigenvalue weighted by molar-refractivity contribution is 0.0690. The van der Waals surface area contributed by atoms with Crippen molar-refractivity contribution in [2.24, 2.45) is 0 Å². The Morgan fingerprint density at radius 1 is 1.56 bits per heavy atom. The third-order valence-corrected chi connectivity index (χ3v) is 2.66. The summed E-state index contributed by atoms with van der Waals surface area (Å²) in [7, 11) is 1.50. The Kier molecular flexibility index (Phi) is 4.06. The largest absolute Gasteiger partial charge is 0.478 e. The third-order valence-electron chi connectivity index (χ3n) is 2.66. The van der Waals surface area contributed by atoms with E-state index < -0.39 is 5.97 Å². The van der Waals surface area contributed by atoms with Gasteiger partial charge in [-0.1, -0.05) is 0 Å². The highest BCUT2D eigenvalue weighted by atomic mass is 16.5. The van der Waals surface area contributed by atoms with Gasteiger partial charge >= 0.3 is 5.97 Å². The fourth-order valence-electron chi connectivity index (χ4n) is 1.75. The van der Waals surface area contributed by atoms with Crippen LogP contribution in [0, 0.1) is 0 Å². The lowest BCUT2D eigenvalue weighted by Gasteiger charge is -2.27. The maximum atomic E-state index is 11.0. The van der Waals surface area contributed by atoms with E-state index in [9.17, 15) is 4.79 Å². The molecule has 1 aliphatic rings. The monoisotopic (exact) mass is 253 g/mol. The molecule has 0 amide bonds. The molecule has 1 saturated heterocycles. The van der Waals surface area contributed by atoms with E-state index in [0.717, 1.165) is 0 Å². The Hall–Kier alpha value is -1.73. The Balaban J connectivity index is 2.26. The number of morpholine rings is 1. The molecule has 0 bridgehead atoms. The predicted octanol–water partition coefficient (Wildman–Crippen LogP) is 0.158. The molecule has 0 aromatic carbocycles. The summed E-state index contributed by atoms with van der Waals surface area (Å²) in [5.41, 5.74) is 0.468. The van der Waals surface area contributed by atoms with E-state index in [0.29, 0.717) is 37.9 Å². The molecular weight excluding hydrogens is 238 g/mol. The van der Waals surface area contributed by atoms with Gasteiger partial charge in [-0.25, -0.2) is 14.8 Å². The first kappa shape index (κ1) is 12.7. The number of aromatic carboxylic acids is 1. The smallest absolute Gasteiger partial charge is 0.339 e. The molecule has 1 aliphatic heterocycles. The number of carboxylic acid groups (broad SMARTS) is 1. The maximum absolute atomic E-state index is 11.0. The molecule has 0 aliphatic carbocycles. The normalized spacial score (nSPS) is 15.7. The number of methoxy groups -OCH3 is 1. The van der Waals surface area contributed by atoms with Crippen LogP contribution >= 0.6 is 0 Å². The van der Waals surface area contributed by atoms with Gasteiger partial charge in [-0.05, 0) is 0 Å². The van der Waals surface area contributed by atoms with Crippen LogP contribution in [0.25, 0.3) is 0 Å². The van der Waals surface area contributed by atoms with Crippen LogP contribution in [0.15, 0.2) is 6.20 Å². The van der Waals surface area contributed by atoms with Crippen molar-refractivity contribution in [2.45, 2.75) is 6.61 Å². The minimum atomic E-state index is -1.05. The standard InChI is InChI=1S/C11H15N3O4/c1-17-7-9-8(10(15)16)6-12-11(13-9)14-2-4-18-5-3-14/h6H,2-5,7H2,1H3,(H,15,16). The van der Waals surface area contributed by atoms with Crippen LogP contribution < -0.4 is 4.90 Å². The topological polar surface area (TPSA) is 84.8 Å². The molecule has 0 spiro atoms. The number of nitrogens with zero attached hydrogens (tertiary/aromatic N) is 3. The SMILES string of the molecule is COCc1nc(N2CCOCC2)ncc1C(=O)O. The lowest BCUT2D eigenvalue weighted by atomic mass is 10.2. The number of rotatable bonds is 4. The van der Waals surface area contributed by atoms with E-state index in [4.69, 9.17) is 14.6 Å². The summed E-state index contributed by atoms with van der Waals surface area (Å²) >= 11 is 0. The Labute approximate surface area is 104 Å². The molecule has 0 radical (unpaired) electrons. The fourth-order valence-corrected chi connectivity index (χ4v) is 1.75. The van der Waals surface area contributed by atoms with Crippen LogP contribution in [0.5, 0.6) is 0 Å². The molecule has 2 heterocycles. The molecule has 18 heavy (non-hydrogen) atoms. The van der Waals surface area contributed by atoms with Gasteiger partial charge in [-0.3, -0.25) is 0 Å². The van der Waals surface area contributed by atoms with Gasteiger partial charge in [0.1, 0.15) is 5.56 Å². The minimum Gasteiger partial charge on any atom is -0.478 e. The quantitative estimate of drug-likeness (QED) is 0.817. The summed E-state index contributed by atoms with van der Waals surface area (Å²) in [5.74, 6) is -0.522. The summed E-state index contributed by atoms with van der Waals surface area (Å²) in [5, 5.41) is 9.02. The number of ether oxygens (including phenoxy) is 2. The summed E-state index contributed by atoms with van der Waals surface area (Å²) < 4.78 is 10.2. The van der Waals surface area contributed by atoms with Crippen molar-refractivity contribution in [3.05, 3.63) is 17.5 Å². The second-order valence-electron chi connectivity index (χ2n) is 3.87. The molecule has 0 atom stereocenters. The number of hydrogen-bond acceptors (Lipinski definition) is 6. The van der Waals surface area contributed by atoms with E-state index in [1.54, 1.807) is 0 Å². The molecule has 7 nitrogen and oxygen atoms in total. The highest BCUT2D eigenvalue weighted by Crippen LogP contribution is 2.14. The van der Waals surface area contributed by atoms with Crippen LogP contribution in [0.2, 0.25) is 0 Å². The second kappa shape index (κ2) is 5.74. The number of anilines is 1. The highest BCUT2D eigenvalue weighted by molar-refractivity contribution is 5.88. The summed E-state index contributed by atoms with van der Waals surface area (Å²) in [4.78, 5) is 21.3. The molecule has 0 saturated carbocycles. The molecular formula is C11H15N3O4. The van der Waals surface area contributed by atoms with Crippen LogP contribution in [0.3, 0.4) is 0 Å². The van der Waals surface area contributed by atoms with Gasteiger partial charge in [0.2, 0.25) is 5.95 Å². The predicted molar refractivity (Wildman–Crippen MR) is 62.7 cm³/mol. The number of aromatic nitrogens is 2. The zero-order chi connectivity index (χ0) is 13.0. The van der Waals surface area contributed by atoms with Crippen molar-refractivity contribution < 1.29 is 19.4 Å². The van der Waals surface area contributed by atoms with Gasteiger partial charge in [0.05, 0.1) is 25.5 Å². The maximum Gasteiger partial charge on any atom is 0.339 e. The molecule has 0 unspecified atom stereocenters. The Bertz CT molecular complexity index is 432. The second-order valence-corrected chi connectivity index (χ2v) is 3.87. The third kappa shape index (κ3) is 2.74. The summed E-state index contributed by atoms with van der Waals surface area (Å²) in [6.07, 6.45) is 1.33. The first-order valence-corrected chi connectivity index (χ1v) is 5.63. The number of carbonyl (C=O) groups is 1. The van der Waals surface area contributed by atoms with Gasteiger partial charge in [-0.2, -0.15) is 0 Å². The van der Waals surface area contributed by atoms with E-state index in [1.807, 2.05) is 4.90 Å². The van der Waals surface area contributed by atoms with Gasteiger partial charge < -0.3 is 19.5 Å². The van der Waals surface area contributed by atoms with Crippen molar-refractivity contribution in [2.75, 3.05) is 38.3 Å². The van der Waals surface area contributed by atoms with Crippen LogP contribution in [0.1, 0.15) is 16.1 Å². The van der Waals surface area contributed by atoms with Gasteiger partial charge in [-0.15, -0.1) is 0 Å². The molecule has 2 rings (SSSR count). The fraction of sp³-hybridized carbons (Fsp3) is 0.545. The summed E-state index contributed by atoms with van der Waals surface area (Å²) in [6.45, 7) is 2.83. The van der Waals surface area contributed by atoms with E-state index in [1.165, 1.54) is 13.3 Å². The molecule has 1 aromatic heterocycles. The van der Waals surface area contributed by atoms with E-state index in [2.05, 4.69) is 9.97 Å². The van der Waals surface area contributed by atoms with E-state index >= 15 is 0 Å². The molecule has 1 fully saturated rings. The summed E-state index contributed by atoms with van der Waals surface area (Å²) in [6, 6.07) is 0. The highest BCUT2D eigenvalue weighted by Gasteiger charge is 2.18. The van der Waals surface area contributed by atoms with Crippen molar-refractivity contribution in [3.63, 3.8) is 0 Å². The zero-order valence-corrected chi connectivity index (χ0v) is 10.1. The molecule has 7 heteroatoms.